The molecule has 3 rings (SSSR count). The number of nitrogens with one attached hydrogen (secondary N) is 1. The van der Waals surface area contributed by atoms with Gasteiger partial charge in [-0.15, -0.1) is 0 Å². The summed E-state index contributed by atoms with van der Waals surface area (Å²) in [6.07, 6.45) is 5.35. The van der Waals surface area contributed by atoms with Gasteiger partial charge in [0.05, 0.1) is 0 Å². The van der Waals surface area contributed by atoms with Crippen LogP contribution in [-0.2, 0) is 0 Å². The first-order chi connectivity index (χ1) is 13.5. The van der Waals surface area contributed by atoms with E-state index in [1.807, 2.05) is 32.0 Å². The van der Waals surface area contributed by atoms with Crippen molar-refractivity contribution in [3.8, 4) is 0 Å². The molecular formula is C22H29N5O. The van der Waals surface area contributed by atoms with Crippen LogP contribution >= 0.6 is 0 Å². The first-order valence-electron chi connectivity index (χ1n) is 9.72. The molecule has 148 valence electrons. The van der Waals surface area contributed by atoms with E-state index in [-0.39, 0.29) is 11.7 Å². The third kappa shape index (κ3) is 4.75. The number of hydrogen-bond acceptors (Lipinski definition) is 5. The second kappa shape index (κ2) is 8.97. The van der Waals surface area contributed by atoms with Gasteiger partial charge in [0.1, 0.15) is 5.82 Å². The molecule has 1 amide bonds. The minimum absolute atomic E-state index is 0.163. The molecule has 0 radical (unpaired) electrons. The Morgan fingerprint density at radius 3 is 2.71 bits per heavy atom. The predicted molar refractivity (Wildman–Crippen MR) is 114 cm³/mol. The summed E-state index contributed by atoms with van der Waals surface area (Å²) in [5.41, 5.74) is 3.11. The molecule has 0 aliphatic carbocycles. The quantitative estimate of drug-likeness (QED) is 0.836. The molecule has 0 bridgehead atoms. The molecule has 2 heterocycles. The van der Waals surface area contributed by atoms with Gasteiger partial charge < -0.3 is 15.1 Å². The lowest BCUT2D eigenvalue weighted by molar-refractivity contribution is 0.0815. The van der Waals surface area contributed by atoms with Crippen molar-refractivity contribution in [2.24, 2.45) is 0 Å². The van der Waals surface area contributed by atoms with Crippen LogP contribution in [0.1, 0.15) is 33.9 Å². The van der Waals surface area contributed by atoms with E-state index in [1.54, 1.807) is 14.1 Å². The van der Waals surface area contributed by atoms with E-state index in [0.29, 0.717) is 6.04 Å². The topological polar surface area (TPSA) is 61.4 Å². The first-order valence-corrected chi connectivity index (χ1v) is 9.72. The standard InChI is InChI=1S/C22H29N5O/c1-16-17(2)24-20(22(28)26(3)4)25-21(16)27-14-12-19(15-27)23-13-8-11-18-9-6-5-7-10-18/h5-11,19,23H,12-15H2,1-4H3/b11-8+/t19-/m1/s1. The third-order valence-corrected chi connectivity index (χ3v) is 5.08. The zero-order valence-electron chi connectivity index (χ0n) is 17.1. The number of rotatable bonds is 6. The number of benzene rings is 1. The lowest BCUT2D eigenvalue weighted by Crippen LogP contribution is -2.33. The zero-order valence-corrected chi connectivity index (χ0v) is 17.1. The highest BCUT2D eigenvalue weighted by atomic mass is 16.2. The largest absolute Gasteiger partial charge is 0.355 e. The Morgan fingerprint density at radius 1 is 1.25 bits per heavy atom. The van der Waals surface area contributed by atoms with Crippen LogP contribution in [0.2, 0.25) is 0 Å². The summed E-state index contributed by atoms with van der Waals surface area (Å²) in [6, 6.07) is 10.7. The Labute approximate surface area is 167 Å². The van der Waals surface area contributed by atoms with E-state index < -0.39 is 0 Å². The van der Waals surface area contributed by atoms with Crippen LogP contribution < -0.4 is 10.2 Å². The number of aryl methyl sites for hydroxylation is 1. The summed E-state index contributed by atoms with van der Waals surface area (Å²) in [5.74, 6) is 0.983. The predicted octanol–water partition coefficient (Wildman–Crippen LogP) is 2.68. The van der Waals surface area contributed by atoms with E-state index in [1.165, 1.54) is 10.5 Å². The Hall–Kier alpha value is -2.73. The Balaban J connectivity index is 1.62. The zero-order chi connectivity index (χ0) is 20.1. The number of amides is 1. The Kier molecular flexibility index (Phi) is 6.41. The lowest BCUT2D eigenvalue weighted by Gasteiger charge is -2.22. The van der Waals surface area contributed by atoms with Crippen LogP contribution in [-0.4, -0.2) is 60.5 Å². The van der Waals surface area contributed by atoms with Crippen LogP contribution in [0.5, 0.6) is 0 Å². The molecular weight excluding hydrogens is 350 g/mol. The van der Waals surface area contributed by atoms with Crippen molar-refractivity contribution in [3.05, 3.63) is 59.1 Å². The van der Waals surface area contributed by atoms with Crippen molar-refractivity contribution < 1.29 is 4.79 Å². The maximum Gasteiger partial charge on any atom is 0.291 e. The van der Waals surface area contributed by atoms with E-state index in [4.69, 9.17) is 0 Å². The van der Waals surface area contributed by atoms with Crippen molar-refractivity contribution in [1.82, 2.24) is 20.2 Å². The van der Waals surface area contributed by atoms with Crippen LogP contribution in [0, 0.1) is 13.8 Å². The Bertz CT molecular complexity index is 848. The van der Waals surface area contributed by atoms with Crippen LogP contribution in [0.4, 0.5) is 5.82 Å². The fraction of sp³-hybridized carbons (Fsp3) is 0.409. The maximum atomic E-state index is 12.3. The summed E-state index contributed by atoms with van der Waals surface area (Å²) in [7, 11) is 3.44. The monoisotopic (exact) mass is 379 g/mol. The second-order valence-electron chi connectivity index (χ2n) is 7.43. The molecule has 1 atom stereocenters. The molecule has 2 aromatic rings. The van der Waals surface area contributed by atoms with Gasteiger partial charge in [0.25, 0.3) is 5.91 Å². The number of hydrogen-bond donors (Lipinski definition) is 1. The summed E-state index contributed by atoms with van der Waals surface area (Å²) in [6.45, 7) is 6.60. The number of carbonyl (C=O) groups excluding carboxylic acids is 1. The number of nitrogens with zero attached hydrogens (tertiary/aromatic N) is 4. The molecule has 6 heteroatoms. The van der Waals surface area contributed by atoms with Gasteiger partial charge in [-0.2, -0.15) is 0 Å². The molecule has 1 aliphatic heterocycles. The molecule has 1 saturated heterocycles. The fourth-order valence-corrected chi connectivity index (χ4v) is 3.33. The molecule has 0 saturated carbocycles. The van der Waals surface area contributed by atoms with Gasteiger partial charge in [-0.05, 0) is 25.8 Å². The molecule has 1 aromatic carbocycles. The smallest absolute Gasteiger partial charge is 0.291 e. The second-order valence-corrected chi connectivity index (χ2v) is 7.43. The van der Waals surface area contributed by atoms with Gasteiger partial charge >= 0.3 is 0 Å². The summed E-state index contributed by atoms with van der Waals surface area (Å²) >= 11 is 0. The van der Waals surface area contributed by atoms with Crippen molar-refractivity contribution in [2.75, 3.05) is 38.6 Å². The van der Waals surface area contributed by atoms with E-state index in [2.05, 4.69) is 44.5 Å². The Morgan fingerprint density at radius 2 is 2.00 bits per heavy atom. The minimum Gasteiger partial charge on any atom is -0.355 e. The molecule has 1 aliphatic rings. The average molecular weight is 380 g/mol. The molecule has 28 heavy (non-hydrogen) atoms. The average Bonchev–Trinajstić information content (AvgIpc) is 3.16. The minimum atomic E-state index is -0.163. The van der Waals surface area contributed by atoms with Gasteiger partial charge in [0.15, 0.2) is 0 Å². The first kappa shape index (κ1) is 20.0. The van der Waals surface area contributed by atoms with Gasteiger partial charge in [-0.25, -0.2) is 9.97 Å². The van der Waals surface area contributed by atoms with Gasteiger partial charge in [-0.3, -0.25) is 4.79 Å². The third-order valence-electron chi connectivity index (χ3n) is 5.08. The lowest BCUT2D eigenvalue weighted by atomic mass is 10.2. The molecule has 1 aromatic heterocycles. The van der Waals surface area contributed by atoms with Crippen LogP contribution in [0.15, 0.2) is 36.4 Å². The highest BCUT2D eigenvalue weighted by molar-refractivity contribution is 5.90. The molecule has 6 nitrogen and oxygen atoms in total. The number of carbonyl (C=O) groups is 1. The van der Waals surface area contributed by atoms with Gasteiger partial charge in [0, 0.05) is 51.0 Å². The normalized spacial score (nSPS) is 16.7. The van der Waals surface area contributed by atoms with Gasteiger partial charge in [0.2, 0.25) is 5.82 Å². The fourth-order valence-electron chi connectivity index (χ4n) is 3.33. The van der Waals surface area contributed by atoms with Crippen molar-refractivity contribution >= 4 is 17.8 Å². The summed E-state index contributed by atoms with van der Waals surface area (Å²) < 4.78 is 0. The molecule has 1 fully saturated rings. The number of aromatic nitrogens is 2. The van der Waals surface area contributed by atoms with Crippen molar-refractivity contribution in [1.29, 1.82) is 0 Å². The molecule has 0 spiro atoms. The molecule has 0 unspecified atom stereocenters. The highest BCUT2D eigenvalue weighted by Crippen LogP contribution is 2.24. The summed E-state index contributed by atoms with van der Waals surface area (Å²) in [5, 5.41) is 3.59. The van der Waals surface area contributed by atoms with E-state index >= 15 is 0 Å². The van der Waals surface area contributed by atoms with Crippen molar-refractivity contribution in [3.63, 3.8) is 0 Å². The highest BCUT2D eigenvalue weighted by Gasteiger charge is 2.26. The summed E-state index contributed by atoms with van der Waals surface area (Å²) in [4.78, 5) is 25.0. The number of anilines is 1. The van der Waals surface area contributed by atoms with Crippen LogP contribution in [0.25, 0.3) is 6.08 Å². The van der Waals surface area contributed by atoms with E-state index in [0.717, 1.165) is 43.1 Å². The van der Waals surface area contributed by atoms with E-state index in [9.17, 15) is 4.79 Å². The maximum absolute atomic E-state index is 12.3. The van der Waals surface area contributed by atoms with Gasteiger partial charge in [-0.1, -0.05) is 42.5 Å². The molecule has 1 N–H and O–H groups in total. The van der Waals surface area contributed by atoms with Crippen molar-refractivity contribution in [2.45, 2.75) is 26.3 Å². The van der Waals surface area contributed by atoms with Crippen LogP contribution in [0.3, 0.4) is 0 Å². The SMILES string of the molecule is Cc1nc(C(=O)N(C)C)nc(N2CC[C@@H](NC/C=C/c3ccccc3)C2)c1C.